The van der Waals surface area contributed by atoms with Crippen LogP contribution in [0.15, 0.2) is 41.4 Å². The van der Waals surface area contributed by atoms with Gasteiger partial charge < -0.3 is 5.32 Å². The Balaban J connectivity index is 2.26. The first-order valence-corrected chi connectivity index (χ1v) is 7.76. The van der Waals surface area contributed by atoms with Gasteiger partial charge in [0.1, 0.15) is 0 Å². The Labute approximate surface area is 127 Å². The van der Waals surface area contributed by atoms with E-state index in [1.165, 1.54) is 24.4 Å². The predicted molar refractivity (Wildman–Crippen MR) is 79.8 cm³/mol. The van der Waals surface area contributed by atoms with E-state index in [9.17, 15) is 13.2 Å². The zero-order chi connectivity index (χ0) is 15.6. The summed E-state index contributed by atoms with van der Waals surface area (Å²) in [5.41, 5.74) is 1.43. The van der Waals surface area contributed by atoms with E-state index in [2.05, 4.69) is 10.3 Å². The summed E-state index contributed by atoms with van der Waals surface area (Å²) in [5.74, 6) is -0.370. The second-order valence-corrected chi connectivity index (χ2v) is 6.30. The van der Waals surface area contributed by atoms with Crippen molar-refractivity contribution in [2.24, 2.45) is 5.14 Å². The molecular formula is C13H12ClN3O3S. The molecule has 2 aromatic rings. The van der Waals surface area contributed by atoms with Gasteiger partial charge in [0.15, 0.2) is 0 Å². The number of aromatic nitrogens is 1. The number of nitrogens with zero attached hydrogens (tertiary/aromatic N) is 1. The molecule has 0 unspecified atom stereocenters. The molecule has 21 heavy (non-hydrogen) atoms. The number of pyridine rings is 1. The number of primary sulfonamides is 1. The summed E-state index contributed by atoms with van der Waals surface area (Å²) in [7, 11) is -3.83. The van der Waals surface area contributed by atoms with E-state index in [0.29, 0.717) is 16.9 Å². The van der Waals surface area contributed by atoms with Crippen LogP contribution in [-0.4, -0.2) is 19.3 Å². The molecule has 0 radical (unpaired) electrons. The van der Waals surface area contributed by atoms with Gasteiger partial charge in [-0.25, -0.2) is 13.6 Å². The van der Waals surface area contributed by atoms with Gasteiger partial charge in [0.25, 0.3) is 5.91 Å². The summed E-state index contributed by atoms with van der Waals surface area (Å²) in [6, 6.07) is 7.03. The van der Waals surface area contributed by atoms with E-state index < -0.39 is 10.0 Å². The molecule has 0 saturated heterocycles. The smallest absolute Gasteiger partial charge is 0.255 e. The lowest BCUT2D eigenvalue weighted by molar-refractivity contribution is 0.102. The maximum absolute atomic E-state index is 12.1. The van der Waals surface area contributed by atoms with Crippen LogP contribution in [0.3, 0.4) is 0 Å². The topological polar surface area (TPSA) is 102 Å². The molecule has 0 fully saturated rings. The van der Waals surface area contributed by atoms with Gasteiger partial charge in [0.2, 0.25) is 10.0 Å². The van der Waals surface area contributed by atoms with Crippen molar-refractivity contribution in [2.75, 3.05) is 5.32 Å². The SMILES string of the molecule is Cc1cc(C(=O)Nc2ccc(S(N)(=O)=O)cc2Cl)ccn1. The number of nitrogens with one attached hydrogen (secondary N) is 1. The second-order valence-electron chi connectivity index (χ2n) is 4.33. The van der Waals surface area contributed by atoms with Gasteiger partial charge >= 0.3 is 0 Å². The van der Waals surface area contributed by atoms with Crippen LogP contribution < -0.4 is 10.5 Å². The molecule has 1 aromatic heterocycles. The number of rotatable bonds is 3. The number of hydrogen-bond acceptors (Lipinski definition) is 4. The molecule has 1 amide bonds. The molecule has 0 spiro atoms. The quantitative estimate of drug-likeness (QED) is 0.900. The zero-order valence-corrected chi connectivity index (χ0v) is 12.6. The van der Waals surface area contributed by atoms with Crippen LogP contribution in [0.2, 0.25) is 5.02 Å². The maximum Gasteiger partial charge on any atom is 0.255 e. The number of aryl methyl sites for hydroxylation is 1. The minimum absolute atomic E-state index is 0.0839. The number of anilines is 1. The molecule has 0 aliphatic heterocycles. The molecule has 0 saturated carbocycles. The van der Waals surface area contributed by atoms with Crippen LogP contribution in [0, 0.1) is 6.92 Å². The van der Waals surface area contributed by atoms with Crippen molar-refractivity contribution >= 4 is 33.2 Å². The molecular weight excluding hydrogens is 314 g/mol. The lowest BCUT2D eigenvalue weighted by Gasteiger charge is -2.08. The highest BCUT2D eigenvalue weighted by molar-refractivity contribution is 7.89. The molecule has 6 nitrogen and oxygen atoms in total. The highest BCUT2D eigenvalue weighted by atomic mass is 35.5. The van der Waals surface area contributed by atoms with Crippen LogP contribution in [-0.2, 0) is 10.0 Å². The molecule has 3 N–H and O–H groups in total. The molecule has 1 aromatic carbocycles. The van der Waals surface area contributed by atoms with Gasteiger partial charge in [-0.3, -0.25) is 9.78 Å². The Kier molecular flexibility index (Phi) is 4.26. The normalized spacial score (nSPS) is 11.2. The Morgan fingerprint density at radius 1 is 1.29 bits per heavy atom. The summed E-state index contributed by atoms with van der Waals surface area (Å²) in [6.45, 7) is 1.77. The van der Waals surface area contributed by atoms with Crippen LogP contribution in [0.1, 0.15) is 16.1 Å². The van der Waals surface area contributed by atoms with Crippen molar-refractivity contribution in [3.05, 3.63) is 52.8 Å². The van der Waals surface area contributed by atoms with Crippen molar-refractivity contribution in [2.45, 2.75) is 11.8 Å². The van der Waals surface area contributed by atoms with E-state index in [0.717, 1.165) is 0 Å². The number of carbonyl (C=O) groups is 1. The van der Waals surface area contributed by atoms with Crippen LogP contribution in [0.5, 0.6) is 0 Å². The Bertz CT molecular complexity index is 806. The highest BCUT2D eigenvalue weighted by Crippen LogP contribution is 2.25. The van der Waals surface area contributed by atoms with Crippen LogP contribution in [0.4, 0.5) is 5.69 Å². The van der Waals surface area contributed by atoms with Crippen molar-refractivity contribution in [3.63, 3.8) is 0 Å². The predicted octanol–water partition coefficient (Wildman–Crippen LogP) is 1.94. The first-order valence-electron chi connectivity index (χ1n) is 5.84. The third-order valence-electron chi connectivity index (χ3n) is 2.68. The summed E-state index contributed by atoms with van der Waals surface area (Å²) >= 11 is 5.95. The minimum atomic E-state index is -3.83. The van der Waals surface area contributed by atoms with E-state index in [1.807, 2.05) is 0 Å². The summed E-state index contributed by atoms with van der Waals surface area (Å²) in [4.78, 5) is 15.9. The van der Waals surface area contributed by atoms with E-state index in [1.54, 1.807) is 19.1 Å². The number of benzene rings is 1. The summed E-state index contributed by atoms with van der Waals surface area (Å²) < 4.78 is 22.4. The maximum atomic E-state index is 12.1. The molecule has 110 valence electrons. The number of nitrogens with two attached hydrogens (primary N) is 1. The van der Waals surface area contributed by atoms with Crippen LogP contribution >= 0.6 is 11.6 Å². The van der Waals surface area contributed by atoms with Crippen LogP contribution in [0.25, 0.3) is 0 Å². The fourth-order valence-electron chi connectivity index (χ4n) is 1.66. The molecule has 0 aliphatic rings. The lowest BCUT2D eigenvalue weighted by Crippen LogP contribution is -2.14. The summed E-state index contributed by atoms with van der Waals surface area (Å²) in [6.07, 6.45) is 1.52. The number of halogens is 1. The monoisotopic (exact) mass is 325 g/mol. The second kappa shape index (κ2) is 5.80. The molecule has 8 heteroatoms. The number of carbonyl (C=O) groups excluding carboxylic acids is 1. The Morgan fingerprint density at radius 3 is 2.57 bits per heavy atom. The third kappa shape index (κ3) is 3.78. The molecule has 2 rings (SSSR count). The van der Waals surface area contributed by atoms with Crippen molar-refractivity contribution < 1.29 is 13.2 Å². The highest BCUT2D eigenvalue weighted by Gasteiger charge is 2.13. The molecule has 1 heterocycles. The zero-order valence-electron chi connectivity index (χ0n) is 11.0. The average Bonchev–Trinajstić information content (AvgIpc) is 2.39. The van der Waals surface area contributed by atoms with Crippen molar-refractivity contribution in [1.82, 2.24) is 4.98 Å². The van der Waals surface area contributed by atoms with E-state index in [-0.39, 0.29) is 15.8 Å². The summed E-state index contributed by atoms with van der Waals surface area (Å²) in [5, 5.41) is 7.69. The van der Waals surface area contributed by atoms with E-state index in [4.69, 9.17) is 16.7 Å². The van der Waals surface area contributed by atoms with Gasteiger partial charge in [-0.05, 0) is 37.3 Å². The Morgan fingerprint density at radius 2 is 2.00 bits per heavy atom. The average molecular weight is 326 g/mol. The Hall–Kier alpha value is -1.96. The van der Waals surface area contributed by atoms with Gasteiger partial charge in [-0.2, -0.15) is 0 Å². The molecule has 0 aliphatic carbocycles. The van der Waals surface area contributed by atoms with Gasteiger partial charge in [0.05, 0.1) is 15.6 Å². The van der Waals surface area contributed by atoms with Gasteiger partial charge in [-0.15, -0.1) is 0 Å². The fraction of sp³-hybridized carbons (Fsp3) is 0.0769. The third-order valence-corrected chi connectivity index (χ3v) is 3.90. The van der Waals surface area contributed by atoms with E-state index >= 15 is 0 Å². The minimum Gasteiger partial charge on any atom is -0.321 e. The number of sulfonamides is 1. The number of hydrogen-bond donors (Lipinski definition) is 2. The first-order chi connectivity index (χ1) is 9.77. The fourth-order valence-corrected chi connectivity index (χ4v) is 2.49. The number of amides is 1. The van der Waals surface area contributed by atoms with Gasteiger partial charge in [-0.1, -0.05) is 11.6 Å². The molecule has 0 atom stereocenters. The molecule has 0 bridgehead atoms. The standard InChI is InChI=1S/C13H12ClN3O3S/c1-8-6-9(4-5-16-8)13(18)17-12-3-2-10(7-11(12)14)21(15,19)20/h2-7H,1H3,(H,17,18)(H2,15,19,20). The van der Waals surface area contributed by atoms with Gasteiger partial charge in [0, 0.05) is 17.5 Å². The van der Waals surface area contributed by atoms with Crippen molar-refractivity contribution in [3.8, 4) is 0 Å². The first kappa shape index (κ1) is 15.4. The lowest BCUT2D eigenvalue weighted by atomic mass is 10.2. The largest absolute Gasteiger partial charge is 0.321 e. The van der Waals surface area contributed by atoms with Crippen molar-refractivity contribution in [1.29, 1.82) is 0 Å².